The summed E-state index contributed by atoms with van der Waals surface area (Å²) in [5.41, 5.74) is 1.66. The minimum Gasteiger partial charge on any atom is -0.320 e. The van der Waals surface area contributed by atoms with E-state index in [1.54, 1.807) is 0 Å². The molecule has 218 valence electrons. The van der Waals surface area contributed by atoms with Gasteiger partial charge in [-0.2, -0.15) is 0 Å². The zero-order valence-corrected chi connectivity index (χ0v) is 23.7. The molecule has 2 aromatic heterocycles. The molecule has 0 atom stereocenters. The monoisotopic (exact) mass is 554 g/mol. The van der Waals surface area contributed by atoms with Crippen LogP contribution >= 0.6 is 0 Å². The molecule has 2 aromatic rings. The van der Waals surface area contributed by atoms with E-state index >= 15 is 0 Å². The van der Waals surface area contributed by atoms with Crippen molar-refractivity contribution >= 4 is 43.4 Å². The standard InChI is InChI=1S/C18H14N8Si.4C2H6.4CH4/c1-27(2)25-15-7-8-17(25)23-13-5-6-14(20-13)24-18-10-9-16(26(18)27)22-12-4-3-11(19-12)21-15;4*1-2;;;;/h3-10H,1-2H3;4*1-2H3;4*1H4. The van der Waals surface area contributed by atoms with Gasteiger partial charge in [-0.3, -0.25) is 0 Å². The quantitative estimate of drug-likeness (QED) is 0.293. The molecule has 0 amide bonds. The highest BCUT2D eigenvalue weighted by molar-refractivity contribution is 6.75. The molecule has 0 saturated heterocycles. The summed E-state index contributed by atoms with van der Waals surface area (Å²) in [6.45, 7) is 20.5. The lowest BCUT2D eigenvalue weighted by molar-refractivity contribution is 0.919. The summed E-state index contributed by atoms with van der Waals surface area (Å²) in [5, 5.41) is 0. The Labute approximate surface area is 239 Å². The molecule has 0 radical (unpaired) electrons. The molecule has 0 fully saturated rings. The van der Waals surface area contributed by atoms with Gasteiger partial charge in [0.05, 0.1) is 0 Å². The number of hydrogen-bond donors (Lipinski definition) is 0. The fourth-order valence-corrected chi connectivity index (χ4v) is 6.74. The Hall–Kier alpha value is -3.46. The fourth-order valence-electron chi connectivity index (χ4n) is 3.80. The lowest BCUT2D eigenvalue weighted by Crippen LogP contribution is -2.54. The van der Waals surface area contributed by atoms with Gasteiger partial charge in [-0.05, 0) is 61.7 Å². The van der Waals surface area contributed by atoms with Crippen LogP contribution in [-0.4, -0.2) is 40.2 Å². The number of fused-ring (bicyclic) bond motifs is 2. The number of nitrogens with zero attached hydrogens (tertiary/aromatic N) is 8. The van der Waals surface area contributed by atoms with Gasteiger partial charge in [0.15, 0.2) is 23.3 Å². The fraction of sp³-hybridized carbons (Fsp3) is 0.467. The van der Waals surface area contributed by atoms with E-state index in [0.717, 1.165) is 22.6 Å². The number of amidine groups is 4. The molecule has 4 aliphatic rings. The second kappa shape index (κ2) is 17.9. The molecule has 0 unspecified atom stereocenters. The van der Waals surface area contributed by atoms with Gasteiger partial charge in [0, 0.05) is 0 Å². The van der Waals surface area contributed by atoms with Gasteiger partial charge in [-0.1, -0.05) is 85.1 Å². The Kier molecular flexibility index (Phi) is 18.4. The van der Waals surface area contributed by atoms with Crippen LogP contribution in [0.1, 0.15) is 85.1 Å². The van der Waals surface area contributed by atoms with E-state index in [1.807, 2.05) is 104 Å². The molecule has 0 saturated carbocycles. The van der Waals surface area contributed by atoms with E-state index < -0.39 is 8.40 Å². The highest BCUT2D eigenvalue weighted by atomic mass is 28.3. The minimum absolute atomic E-state index is 0. The summed E-state index contributed by atoms with van der Waals surface area (Å²) in [7, 11) is -2.37. The Morgan fingerprint density at radius 3 is 1.08 bits per heavy atom. The molecule has 8 nitrogen and oxygen atoms in total. The summed E-state index contributed by atoms with van der Waals surface area (Å²) in [5.74, 6) is 4.25. The maximum absolute atomic E-state index is 4.76. The average Bonchev–Trinajstić information content (AvgIpc) is 3.69. The molecule has 6 bridgehead atoms. The summed E-state index contributed by atoms with van der Waals surface area (Å²) in [6.07, 6.45) is 7.53. The van der Waals surface area contributed by atoms with Crippen molar-refractivity contribution in [3.8, 4) is 0 Å². The van der Waals surface area contributed by atoms with Crippen LogP contribution in [0, 0.1) is 0 Å². The van der Waals surface area contributed by atoms with E-state index in [0.29, 0.717) is 23.3 Å². The van der Waals surface area contributed by atoms with Gasteiger partial charge in [-0.25, -0.2) is 30.0 Å². The van der Waals surface area contributed by atoms with Crippen LogP contribution in [0.4, 0.5) is 11.6 Å². The van der Waals surface area contributed by atoms with Crippen LogP contribution < -0.4 is 11.0 Å². The normalized spacial score (nSPS) is 14.6. The lowest BCUT2D eigenvalue weighted by Gasteiger charge is -2.29. The maximum atomic E-state index is 4.76. The number of hydrogen-bond acceptors (Lipinski definition) is 6. The summed E-state index contributed by atoms with van der Waals surface area (Å²) < 4.78 is 4.43. The van der Waals surface area contributed by atoms with Gasteiger partial charge in [-0.15, -0.1) is 0 Å². The third-order valence-corrected chi connectivity index (χ3v) is 8.02. The summed E-state index contributed by atoms with van der Waals surface area (Å²) >= 11 is 0. The molecule has 6 heterocycles. The van der Waals surface area contributed by atoms with Crippen LogP contribution in [0.15, 0.2) is 78.5 Å². The Morgan fingerprint density at radius 1 is 0.436 bits per heavy atom. The Morgan fingerprint density at radius 2 is 0.744 bits per heavy atom. The lowest BCUT2D eigenvalue weighted by atomic mass is 10.5. The van der Waals surface area contributed by atoms with Crippen molar-refractivity contribution in [2.24, 2.45) is 30.0 Å². The number of rotatable bonds is 0. The maximum Gasteiger partial charge on any atom is 0.272 e. The third kappa shape index (κ3) is 7.78. The number of aliphatic imine (C=N–C) groups is 4. The van der Waals surface area contributed by atoms with Crippen molar-refractivity contribution in [1.29, 1.82) is 0 Å². The second-order valence-electron chi connectivity index (χ2n) is 7.03. The molecule has 0 aliphatic carbocycles. The largest absolute Gasteiger partial charge is 0.320 e. The van der Waals surface area contributed by atoms with Gasteiger partial charge < -0.3 is 8.47 Å². The third-order valence-electron chi connectivity index (χ3n) is 4.91. The van der Waals surface area contributed by atoms with Gasteiger partial charge in [0.25, 0.3) is 8.40 Å². The average molecular weight is 555 g/mol. The molecule has 9 heteroatoms. The molecular formula is C30H54N8Si. The second-order valence-corrected chi connectivity index (χ2v) is 10.9. The zero-order valence-electron chi connectivity index (χ0n) is 22.7. The molecule has 0 aromatic carbocycles. The first-order chi connectivity index (χ1) is 17.1. The summed E-state index contributed by atoms with van der Waals surface area (Å²) in [4.78, 5) is 28.1. The van der Waals surface area contributed by atoms with Crippen molar-refractivity contribution < 1.29 is 0 Å². The zero-order chi connectivity index (χ0) is 26.2. The van der Waals surface area contributed by atoms with Crippen LogP contribution in [0.5, 0.6) is 0 Å². The van der Waals surface area contributed by atoms with Gasteiger partial charge in [0.2, 0.25) is 0 Å². The summed E-state index contributed by atoms with van der Waals surface area (Å²) in [6, 6.07) is 7.95. The Balaban J connectivity index is -0.000000999. The van der Waals surface area contributed by atoms with Crippen LogP contribution in [-0.2, 0) is 0 Å². The van der Waals surface area contributed by atoms with Crippen LogP contribution in [0.25, 0.3) is 0 Å². The van der Waals surface area contributed by atoms with Crippen molar-refractivity contribution in [2.75, 3.05) is 0 Å². The molecule has 4 aliphatic heterocycles. The first kappa shape index (κ1) is 40.0. The molecule has 0 spiro atoms. The predicted molar refractivity (Wildman–Crippen MR) is 179 cm³/mol. The van der Waals surface area contributed by atoms with E-state index in [-0.39, 0.29) is 29.7 Å². The number of aromatic nitrogens is 2. The van der Waals surface area contributed by atoms with E-state index in [2.05, 4.69) is 31.5 Å². The van der Waals surface area contributed by atoms with E-state index in [4.69, 9.17) is 20.0 Å². The van der Waals surface area contributed by atoms with Crippen molar-refractivity contribution in [1.82, 2.24) is 8.47 Å². The first-order valence-electron chi connectivity index (χ1n) is 12.7. The van der Waals surface area contributed by atoms with E-state index in [9.17, 15) is 0 Å². The molecule has 6 rings (SSSR count). The molecule has 39 heavy (non-hydrogen) atoms. The predicted octanol–water partition coefficient (Wildman–Crippen LogP) is 8.30. The highest BCUT2D eigenvalue weighted by Gasteiger charge is 2.34. The Bertz CT molecular complexity index is 1250. The van der Waals surface area contributed by atoms with E-state index in [1.165, 1.54) is 0 Å². The SMILES string of the molecule is C.C.C.C.CC.CC.CC.CC.C[Si]1(C)n2c3ccc2N=C2C=CC(=N2)N=c2ccc(n21)=NC1=NC(=N3)C=C1. The van der Waals surface area contributed by atoms with Gasteiger partial charge in [0.1, 0.15) is 22.6 Å². The van der Waals surface area contributed by atoms with Crippen LogP contribution in [0.3, 0.4) is 0 Å². The minimum atomic E-state index is -2.37. The van der Waals surface area contributed by atoms with Crippen molar-refractivity contribution in [3.63, 3.8) is 0 Å². The van der Waals surface area contributed by atoms with Crippen LogP contribution in [0.2, 0.25) is 13.1 Å². The van der Waals surface area contributed by atoms with Crippen molar-refractivity contribution in [2.45, 2.75) is 98.2 Å². The van der Waals surface area contributed by atoms with Crippen molar-refractivity contribution in [3.05, 3.63) is 59.5 Å². The molecular weight excluding hydrogens is 500 g/mol. The highest BCUT2D eigenvalue weighted by Crippen LogP contribution is 2.31. The first-order valence-corrected chi connectivity index (χ1v) is 15.6. The smallest absolute Gasteiger partial charge is 0.272 e. The molecule has 0 N–H and O–H groups in total. The topological polar surface area (TPSA) is 84.0 Å². The van der Waals surface area contributed by atoms with Gasteiger partial charge >= 0.3 is 0 Å².